The number of nitrogens with zero attached hydrogens (tertiary/aromatic N) is 3. The van der Waals surface area contributed by atoms with Gasteiger partial charge in [0.1, 0.15) is 11.5 Å². The highest BCUT2D eigenvalue weighted by Crippen LogP contribution is 2.23. The van der Waals surface area contributed by atoms with E-state index < -0.39 is 4.92 Å². The maximum atomic E-state index is 10.6. The lowest BCUT2D eigenvalue weighted by Gasteiger charge is -2.16. The van der Waals surface area contributed by atoms with E-state index in [9.17, 15) is 15.2 Å². The Hall–Kier alpha value is -1.69. The molecule has 0 amide bonds. The van der Waals surface area contributed by atoms with E-state index in [1.54, 1.807) is 13.0 Å². The summed E-state index contributed by atoms with van der Waals surface area (Å²) in [5.41, 5.74) is 0.437. The van der Waals surface area contributed by atoms with Crippen molar-refractivity contribution in [2.24, 2.45) is 0 Å². The van der Waals surface area contributed by atoms with Gasteiger partial charge in [0, 0.05) is 19.2 Å². The summed E-state index contributed by atoms with van der Waals surface area (Å²) in [5, 5.41) is 20.0. The van der Waals surface area contributed by atoms with E-state index in [-0.39, 0.29) is 11.8 Å². The van der Waals surface area contributed by atoms with Gasteiger partial charge in [-0.2, -0.15) is 0 Å². The van der Waals surface area contributed by atoms with Gasteiger partial charge in [0.15, 0.2) is 0 Å². The molecule has 1 aromatic rings. The van der Waals surface area contributed by atoms with Gasteiger partial charge in [0.2, 0.25) is 0 Å². The van der Waals surface area contributed by atoms with E-state index in [1.165, 1.54) is 6.07 Å². The van der Waals surface area contributed by atoms with Gasteiger partial charge in [-0.25, -0.2) is 4.98 Å². The first-order valence-electron chi connectivity index (χ1n) is 5.13. The molecule has 1 atom stereocenters. The third kappa shape index (κ3) is 1.96. The average molecular weight is 223 g/mol. The standard InChI is InChI=1S/C10H13N3O3/c1-7-9(13(15)16)2-3-10(11-7)12-5-4-8(14)6-12/h2-3,8,14H,4-6H2,1H3/t8-/m0/s1. The van der Waals surface area contributed by atoms with Gasteiger partial charge < -0.3 is 10.0 Å². The van der Waals surface area contributed by atoms with Crippen molar-refractivity contribution in [2.75, 3.05) is 18.0 Å². The smallest absolute Gasteiger partial charge is 0.290 e. The molecule has 1 aliphatic rings. The molecular weight excluding hydrogens is 210 g/mol. The lowest BCUT2D eigenvalue weighted by Crippen LogP contribution is -2.22. The average Bonchev–Trinajstić information content (AvgIpc) is 2.64. The van der Waals surface area contributed by atoms with Gasteiger partial charge in [0.25, 0.3) is 5.69 Å². The number of nitro groups is 1. The SMILES string of the molecule is Cc1nc(N2CC[C@H](O)C2)ccc1[N+](=O)[O-]. The van der Waals surface area contributed by atoms with Crippen LogP contribution in [0.2, 0.25) is 0 Å². The number of hydrogen-bond acceptors (Lipinski definition) is 5. The Morgan fingerprint density at radius 1 is 1.62 bits per heavy atom. The van der Waals surface area contributed by atoms with Crippen molar-refractivity contribution in [1.82, 2.24) is 4.98 Å². The molecule has 0 aromatic carbocycles. The number of aliphatic hydroxyl groups excluding tert-OH is 1. The molecule has 1 N–H and O–H groups in total. The number of rotatable bonds is 2. The normalized spacial score (nSPS) is 20.1. The molecule has 1 saturated heterocycles. The number of hydrogen-bond donors (Lipinski definition) is 1. The van der Waals surface area contributed by atoms with E-state index in [4.69, 9.17) is 0 Å². The van der Waals surface area contributed by atoms with Gasteiger partial charge in [-0.1, -0.05) is 0 Å². The fourth-order valence-corrected chi connectivity index (χ4v) is 1.86. The van der Waals surface area contributed by atoms with Gasteiger partial charge in [0.05, 0.1) is 11.0 Å². The Morgan fingerprint density at radius 3 is 2.88 bits per heavy atom. The predicted octanol–water partition coefficient (Wildman–Crippen LogP) is 0.869. The lowest BCUT2D eigenvalue weighted by molar-refractivity contribution is -0.385. The van der Waals surface area contributed by atoms with Crippen molar-refractivity contribution in [3.8, 4) is 0 Å². The summed E-state index contributed by atoms with van der Waals surface area (Å²) >= 11 is 0. The van der Waals surface area contributed by atoms with E-state index in [0.717, 1.165) is 13.0 Å². The Morgan fingerprint density at radius 2 is 2.38 bits per heavy atom. The molecule has 86 valence electrons. The second-order valence-electron chi connectivity index (χ2n) is 3.92. The maximum Gasteiger partial charge on any atom is 0.290 e. The van der Waals surface area contributed by atoms with Crippen LogP contribution < -0.4 is 4.90 Å². The zero-order chi connectivity index (χ0) is 11.7. The Kier molecular flexibility index (Phi) is 2.74. The molecule has 2 heterocycles. The molecule has 0 aliphatic carbocycles. The summed E-state index contributed by atoms with van der Waals surface area (Å²) in [6.45, 7) is 2.91. The second-order valence-corrected chi connectivity index (χ2v) is 3.92. The molecule has 0 unspecified atom stereocenters. The van der Waals surface area contributed by atoms with Gasteiger partial charge >= 0.3 is 0 Å². The molecule has 6 nitrogen and oxygen atoms in total. The summed E-state index contributed by atoms with van der Waals surface area (Å²) in [7, 11) is 0. The molecule has 0 bridgehead atoms. The molecule has 1 aromatic heterocycles. The Labute approximate surface area is 92.7 Å². The van der Waals surface area contributed by atoms with Crippen LogP contribution in [-0.4, -0.2) is 34.2 Å². The highest BCUT2D eigenvalue weighted by molar-refractivity contribution is 5.47. The van der Waals surface area contributed by atoms with Crippen LogP contribution in [0.3, 0.4) is 0 Å². The molecule has 0 radical (unpaired) electrons. The first-order chi connectivity index (χ1) is 7.58. The second kappa shape index (κ2) is 4.05. The Balaban J connectivity index is 2.24. The maximum absolute atomic E-state index is 10.6. The van der Waals surface area contributed by atoms with Crippen LogP contribution in [-0.2, 0) is 0 Å². The van der Waals surface area contributed by atoms with E-state index in [2.05, 4.69) is 4.98 Å². The fraction of sp³-hybridized carbons (Fsp3) is 0.500. The van der Waals surface area contributed by atoms with Crippen LogP contribution in [0.4, 0.5) is 11.5 Å². The number of pyridine rings is 1. The highest BCUT2D eigenvalue weighted by atomic mass is 16.6. The Bertz CT molecular complexity index is 422. The molecule has 1 aliphatic heterocycles. The lowest BCUT2D eigenvalue weighted by atomic mass is 10.3. The first-order valence-corrected chi connectivity index (χ1v) is 5.13. The zero-order valence-electron chi connectivity index (χ0n) is 8.96. The van der Waals surface area contributed by atoms with Crippen LogP contribution in [0.15, 0.2) is 12.1 Å². The summed E-state index contributed by atoms with van der Waals surface area (Å²) in [4.78, 5) is 16.3. The van der Waals surface area contributed by atoms with Crippen molar-refractivity contribution >= 4 is 11.5 Å². The van der Waals surface area contributed by atoms with E-state index >= 15 is 0 Å². The molecule has 0 spiro atoms. The van der Waals surface area contributed by atoms with Crippen LogP contribution in [0, 0.1) is 17.0 Å². The quantitative estimate of drug-likeness (QED) is 0.594. The van der Waals surface area contributed by atoms with Crippen LogP contribution >= 0.6 is 0 Å². The third-order valence-corrected chi connectivity index (χ3v) is 2.73. The highest BCUT2D eigenvalue weighted by Gasteiger charge is 2.22. The molecule has 16 heavy (non-hydrogen) atoms. The van der Waals surface area contributed by atoms with E-state index in [0.29, 0.717) is 18.1 Å². The summed E-state index contributed by atoms with van der Waals surface area (Å²) in [6, 6.07) is 3.09. The minimum atomic E-state index is -0.440. The number of aromatic nitrogens is 1. The number of β-amino-alcohol motifs (C(OH)–C–C–N with tert-alkyl or cyclic N) is 1. The summed E-state index contributed by atoms with van der Waals surface area (Å²) < 4.78 is 0. The summed E-state index contributed by atoms with van der Waals surface area (Å²) in [6.07, 6.45) is 0.398. The van der Waals surface area contributed by atoms with Gasteiger partial charge in [-0.3, -0.25) is 10.1 Å². The number of aliphatic hydroxyl groups is 1. The first kappa shape index (κ1) is 10.8. The third-order valence-electron chi connectivity index (χ3n) is 2.73. The van der Waals surface area contributed by atoms with Crippen molar-refractivity contribution in [3.05, 3.63) is 27.9 Å². The zero-order valence-corrected chi connectivity index (χ0v) is 8.96. The van der Waals surface area contributed by atoms with E-state index in [1.807, 2.05) is 4.90 Å². The van der Waals surface area contributed by atoms with Gasteiger partial charge in [-0.05, 0) is 19.4 Å². The van der Waals surface area contributed by atoms with Crippen LogP contribution in [0.5, 0.6) is 0 Å². The minimum Gasteiger partial charge on any atom is -0.391 e. The summed E-state index contributed by atoms with van der Waals surface area (Å²) in [5.74, 6) is 0.694. The predicted molar refractivity (Wildman–Crippen MR) is 58.5 cm³/mol. The number of aryl methyl sites for hydroxylation is 1. The largest absolute Gasteiger partial charge is 0.391 e. The monoisotopic (exact) mass is 223 g/mol. The van der Waals surface area contributed by atoms with Crippen molar-refractivity contribution in [1.29, 1.82) is 0 Å². The fourth-order valence-electron chi connectivity index (χ4n) is 1.86. The van der Waals surface area contributed by atoms with Crippen molar-refractivity contribution < 1.29 is 10.0 Å². The molecule has 0 saturated carbocycles. The molecular formula is C10H13N3O3. The van der Waals surface area contributed by atoms with Gasteiger partial charge in [-0.15, -0.1) is 0 Å². The molecule has 6 heteroatoms. The molecule has 1 fully saturated rings. The van der Waals surface area contributed by atoms with Crippen LogP contribution in [0.1, 0.15) is 12.1 Å². The molecule has 2 rings (SSSR count). The van der Waals surface area contributed by atoms with Crippen molar-refractivity contribution in [2.45, 2.75) is 19.4 Å². The van der Waals surface area contributed by atoms with Crippen molar-refractivity contribution in [3.63, 3.8) is 0 Å². The number of anilines is 1. The minimum absolute atomic E-state index is 0.0310. The van der Waals surface area contributed by atoms with Crippen LogP contribution in [0.25, 0.3) is 0 Å². The topological polar surface area (TPSA) is 79.5 Å².